The molecule has 0 radical (unpaired) electrons. The van der Waals surface area contributed by atoms with E-state index in [0.717, 1.165) is 30.2 Å². The van der Waals surface area contributed by atoms with E-state index in [4.69, 9.17) is 4.74 Å². The van der Waals surface area contributed by atoms with Crippen LogP contribution in [0.3, 0.4) is 0 Å². The summed E-state index contributed by atoms with van der Waals surface area (Å²) in [5, 5.41) is 17.6. The molecule has 5 aromatic rings. The molecule has 2 heterocycles. The molecule has 1 fully saturated rings. The first-order chi connectivity index (χ1) is 21.7. The molecule has 9 nitrogen and oxygen atoms in total. The molecule has 1 aliphatic carbocycles. The van der Waals surface area contributed by atoms with Crippen molar-refractivity contribution in [3.8, 4) is 34.7 Å². The van der Waals surface area contributed by atoms with E-state index in [9.17, 15) is 18.0 Å². The number of thiazole rings is 1. The molecule has 0 unspecified atom stereocenters. The van der Waals surface area contributed by atoms with Gasteiger partial charge in [0, 0.05) is 28.1 Å². The molecule has 0 spiro atoms. The van der Waals surface area contributed by atoms with Crippen LogP contribution in [0.4, 0.5) is 18.9 Å². The van der Waals surface area contributed by atoms with E-state index in [1.54, 1.807) is 43.5 Å². The molecule has 1 N–H and O–H groups in total. The van der Waals surface area contributed by atoms with Gasteiger partial charge in [-0.2, -0.15) is 4.80 Å². The average molecular weight is 631 g/mol. The van der Waals surface area contributed by atoms with Crippen molar-refractivity contribution in [2.45, 2.75) is 38.1 Å². The molecule has 2 aromatic heterocycles. The number of tetrazole rings is 1. The lowest BCUT2D eigenvalue weighted by Crippen LogP contribution is -2.21. The summed E-state index contributed by atoms with van der Waals surface area (Å²) < 4.78 is 49.5. The van der Waals surface area contributed by atoms with E-state index in [-0.39, 0.29) is 23.5 Å². The number of nitrogens with zero attached hydrogens (tertiary/aromatic N) is 5. The van der Waals surface area contributed by atoms with Gasteiger partial charge >= 0.3 is 6.36 Å². The van der Waals surface area contributed by atoms with Crippen LogP contribution in [0.15, 0.2) is 72.1 Å². The van der Waals surface area contributed by atoms with Gasteiger partial charge in [0.25, 0.3) is 5.91 Å². The van der Waals surface area contributed by atoms with Gasteiger partial charge in [-0.05, 0) is 78.1 Å². The van der Waals surface area contributed by atoms with Gasteiger partial charge < -0.3 is 14.8 Å². The summed E-state index contributed by atoms with van der Waals surface area (Å²) in [6, 6.07) is 17.7. The summed E-state index contributed by atoms with van der Waals surface area (Å²) >= 11 is 1.49. The molecule has 1 aliphatic rings. The van der Waals surface area contributed by atoms with Crippen LogP contribution < -0.4 is 14.8 Å². The summed E-state index contributed by atoms with van der Waals surface area (Å²) in [6.45, 7) is 0.276. The van der Waals surface area contributed by atoms with Gasteiger partial charge in [0.15, 0.2) is 5.01 Å². The van der Waals surface area contributed by atoms with E-state index in [0.29, 0.717) is 27.9 Å². The summed E-state index contributed by atoms with van der Waals surface area (Å²) in [5.41, 5.74) is 2.76. The summed E-state index contributed by atoms with van der Waals surface area (Å²) in [5.74, 6) is 5.86. The minimum absolute atomic E-state index is 0.0637. The number of alkyl halides is 3. The van der Waals surface area contributed by atoms with Crippen molar-refractivity contribution in [2.75, 3.05) is 12.4 Å². The maximum atomic E-state index is 13.4. The smallest absolute Gasteiger partial charge is 0.497 e. The molecule has 0 atom stereocenters. The number of methoxy groups -OCH3 is 1. The minimum atomic E-state index is -5.04. The van der Waals surface area contributed by atoms with Crippen molar-refractivity contribution >= 4 is 22.9 Å². The highest BCUT2D eigenvalue weighted by molar-refractivity contribution is 7.10. The fraction of sp³-hybridized carbons (Fsp3) is 0.219. The van der Waals surface area contributed by atoms with Gasteiger partial charge in [0.1, 0.15) is 11.5 Å². The highest BCUT2D eigenvalue weighted by Crippen LogP contribution is 2.36. The first-order valence-corrected chi connectivity index (χ1v) is 14.8. The zero-order valence-corrected chi connectivity index (χ0v) is 24.7. The number of benzene rings is 3. The van der Waals surface area contributed by atoms with Crippen molar-refractivity contribution in [2.24, 2.45) is 0 Å². The van der Waals surface area contributed by atoms with E-state index in [1.807, 2.05) is 17.5 Å². The topological polar surface area (TPSA) is 104 Å². The van der Waals surface area contributed by atoms with Crippen molar-refractivity contribution < 1.29 is 27.4 Å². The van der Waals surface area contributed by atoms with Crippen LogP contribution >= 0.6 is 11.3 Å². The summed E-state index contributed by atoms with van der Waals surface area (Å²) in [4.78, 5) is 19.1. The van der Waals surface area contributed by atoms with Crippen LogP contribution in [0.5, 0.6) is 11.5 Å². The van der Waals surface area contributed by atoms with Crippen molar-refractivity contribution in [3.63, 3.8) is 0 Å². The number of rotatable bonds is 8. The lowest BCUT2D eigenvalue weighted by Gasteiger charge is -2.22. The Balaban J connectivity index is 1.18. The Kier molecular flexibility index (Phi) is 8.48. The number of carbonyl (C=O) groups excluding carboxylic acids is 1. The first kappa shape index (κ1) is 29.8. The number of anilines is 1. The number of hydrogen-bond acceptors (Lipinski definition) is 8. The largest absolute Gasteiger partial charge is 0.573 e. The average Bonchev–Trinajstić information content (AvgIpc) is 3.65. The maximum absolute atomic E-state index is 13.4. The van der Waals surface area contributed by atoms with Crippen LogP contribution in [0.2, 0.25) is 0 Å². The van der Waals surface area contributed by atoms with Crippen LogP contribution in [-0.2, 0) is 6.54 Å². The number of halogens is 3. The number of aromatic nitrogens is 5. The number of carbonyl (C=O) groups is 1. The molecule has 13 heteroatoms. The fourth-order valence-corrected chi connectivity index (χ4v) is 5.36. The van der Waals surface area contributed by atoms with Crippen molar-refractivity contribution in [1.82, 2.24) is 25.2 Å². The molecule has 0 saturated heterocycles. The number of ether oxygens (including phenoxy) is 2. The third-order valence-electron chi connectivity index (χ3n) is 7.13. The Morgan fingerprint density at radius 3 is 2.64 bits per heavy atom. The SMILES string of the molecule is COc1ccc(Cn2nnc(-c3ccc(C(=O)Nc4cccc(C#Cc5nc(C6CCC6)cs5)c4)c(OC(F)(F)F)c3)n2)cc1. The molecular formula is C32H25F3N6O3S. The lowest BCUT2D eigenvalue weighted by atomic mass is 9.83. The maximum Gasteiger partial charge on any atom is 0.573 e. The van der Waals surface area contributed by atoms with E-state index >= 15 is 0 Å². The highest BCUT2D eigenvalue weighted by atomic mass is 32.1. The molecule has 6 rings (SSSR count). The Hall–Kier alpha value is -5.22. The normalized spacial score (nSPS) is 13.0. The van der Waals surface area contributed by atoms with E-state index < -0.39 is 18.0 Å². The molecule has 228 valence electrons. The summed E-state index contributed by atoms with van der Waals surface area (Å²) in [7, 11) is 1.56. The Morgan fingerprint density at radius 1 is 1.09 bits per heavy atom. The predicted molar refractivity (Wildman–Crippen MR) is 161 cm³/mol. The van der Waals surface area contributed by atoms with Gasteiger partial charge in [-0.3, -0.25) is 4.79 Å². The fourth-order valence-electron chi connectivity index (χ4n) is 4.61. The molecule has 0 bridgehead atoms. The Bertz CT molecular complexity index is 1890. The molecule has 1 amide bonds. The molecule has 45 heavy (non-hydrogen) atoms. The van der Waals surface area contributed by atoms with Gasteiger partial charge in [0.2, 0.25) is 5.82 Å². The number of nitrogens with one attached hydrogen (secondary N) is 1. The van der Waals surface area contributed by atoms with E-state index in [1.165, 1.54) is 34.7 Å². The lowest BCUT2D eigenvalue weighted by molar-refractivity contribution is -0.274. The van der Waals surface area contributed by atoms with Crippen LogP contribution in [0.25, 0.3) is 11.4 Å². The third-order valence-corrected chi connectivity index (χ3v) is 7.90. The minimum Gasteiger partial charge on any atom is -0.497 e. The van der Waals surface area contributed by atoms with Gasteiger partial charge in [-0.1, -0.05) is 30.5 Å². The standard InChI is InChI=1S/C32H25F3N6O3S/c1-43-25-12-8-21(9-13-25)18-41-39-30(38-40-41)23-11-14-26(28(17-23)44-32(33,34)35)31(42)36-24-7-2-4-20(16-24)10-15-29-37-27(19-45-29)22-5-3-6-22/h2,4,7-9,11-14,16-17,19,22H,3,5-6,18H2,1H3,(H,36,42). The van der Waals surface area contributed by atoms with Gasteiger partial charge in [-0.25, -0.2) is 4.98 Å². The summed E-state index contributed by atoms with van der Waals surface area (Å²) in [6.07, 6.45) is -1.51. The Labute approximate surface area is 260 Å². The van der Waals surface area contributed by atoms with Crippen molar-refractivity contribution in [1.29, 1.82) is 0 Å². The third kappa shape index (κ3) is 7.47. The molecule has 3 aromatic carbocycles. The second kappa shape index (κ2) is 12.8. The second-order valence-electron chi connectivity index (χ2n) is 10.2. The zero-order valence-electron chi connectivity index (χ0n) is 23.8. The second-order valence-corrected chi connectivity index (χ2v) is 11.1. The van der Waals surface area contributed by atoms with Crippen molar-refractivity contribution in [3.05, 3.63) is 99.5 Å². The quantitative estimate of drug-likeness (QED) is 0.191. The number of amides is 1. The van der Waals surface area contributed by atoms with Gasteiger partial charge in [-0.15, -0.1) is 34.7 Å². The van der Waals surface area contributed by atoms with Gasteiger partial charge in [0.05, 0.1) is 24.9 Å². The highest BCUT2D eigenvalue weighted by Gasteiger charge is 2.33. The van der Waals surface area contributed by atoms with Crippen LogP contribution in [0, 0.1) is 11.8 Å². The van der Waals surface area contributed by atoms with Crippen LogP contribution in [-0.4, -0.2) is 44.6 Å². The van der Waals surface area contributed by atoms with Crippen LogP contribution in [0.1, 0.15) is 57.4 Å². The first-order valence-electron chi connectivity index (χ1n) is 13.9. The molecule has 1 saturated carbocycles. The monoisotopic (exact) mass is 630 g/mol. The molecule has 0 aliphatic heterocycles. The van der Waals surface area contributed by atoms with E-state index in [2.05, 4.69) is 42.3 Å². The zero-order chi connectivity index (χ0) is 31.4. The molecular weight excluding hydrogens is 605 g/mol. The predicted octanol–water partition coefficient (Wildman–Crippen LogP) is 6.67. The Morgan fingerprint density at radius 2 is 1.91 bits per heavy atom. The number of hydrogen-bond donors (Lipinski definition) is 1.